The van der Waals surface area contributed by atoms with E-state index in [1.54, 1.807) is 12.1 Å². The van der Waals surface area contributed by atoms with E-state index in [9.17, 15) is 4.39 Å². The number of hydrogen-bond acceptors (Lipinski definition) is 3. The van der Waals surface area contributed by atoms with E-state index in [2.05, 4.69) is 10.2 Å². The molecule has 2 saturated heterocycles. The lowest BCUT2D eigenvalue weighted by atomic mass is 9.91. The lowest BCUT2D eigenvalue weighted by Gasteiger charge is -2.32. The number of halogens is 1. The maximum absolute atomic E-state index is 13.6. The molecule has 0 bridgehead atoms. The van der Waals surface area contributed by atoms with Crippen molar-refractivity contribution in [1.29, 1.82) is 0 Å². The maximum atomic E-state index is 13.6. The standard InChI is InChI=1S/C16H23FN2O/c17-15-3-4-16(19-6-8-20-9-7-19)14(11-15)10-13-2-1-5-18-12-13/h3-4,11,13,18H,1-2,5-10,12H2. The summed E-state index contributed by atoms with van der Waals surface area (Å²) < 4.78 is 19.0. The molecule has 20 heavy (non-hydrogen) atoms. The number of nitrogens with one attached hydrogen (secondary N) is 1. The number of piperidine rings is 1. The molecule has 0 radical (unpaired) electrons. The van der Waals surface area contributed by atoms with Crippen molar-refractivity contribution < 1.29 is 9.13 Å². The average molecular weight is 278 g/mol. The highest BCUT2D eigenvalue weighted by molar-refractivity contribution is 5.54. The summed E-state index contributed by atoms with van der Waals surface area (Å²) in [6.07, 6.45) is 3.44. The third kappa shape index (κ3) is 3.30. The topological polar surface area (TPSA) is 24.5 Å². The van der Waals surface area contributed by atoms with Gasteiger partial charge in [-0.3, -0.25) is 0 Å². The third-order valence-electron chi connectivity index (χ3n) is 4.30. The van der Waals surface area contributed by atoms with E-state index in [4.69, 9.17) is 4.74 Å². The quantitative estimate of drug-likeness (QED) is 0.917. The van der Waals surface area contributed by atoms with Crippen LogP contribution in [0.1, 0.15) is 18.4 Å². The number of benzene rings is 1. The van der Waals surface area contributed by atoms with Crippen molar-refractivity contribution in [3.05, 3.63) is 29.6 Å². The van der Waals surface area contributed by atoms with Crippen LogP contribution in [0.3, 0.4) is 0 Å². The second-order valence-electron chi connectivity index (χ2n) is 5.79. The van der Waals surface area contributed by atoms with Crippen LogP contribution in [0.5, 0.6) is 0 Å². The Balaban J connectivity index is 1.77. The number of nitrogens with zero attached hydrogens (tertiary/aromatic N) is 1. The van der Waals surface area contributed by atoms with Crippen molar-refractivity contribution in [2.24, 2.45) is 5.92 Å². The van der Waals surface area contributed by atoms with Gasteiger partial charge >= 0.3 is 0 Å². The first-order valence-corrected chi connectivity index (χ1v) is 7.65. The van der Waals surface area contributed by atoms with Gasteiger partial charge in [0.2, 0.25) is 0 Å². The molecule has 3 nitrogen and oxygen atoms in total. The van der Waals surface area contributed by atoms with Gasteiger partial charge in [0.05, 0.1) is 13.2 Å². The maximum Gasteiger partial charge on any atom is 0.123 e. The van der Waals surface area contributed by atoms with Crippen molar-refractivity contribution in [3.63, 3.8) is 0 Å². The van der Waals surface area contributed by atoms with Crippen LogP contribution in [0.4, 0.5) is 10.1 Å². The van der Waals surface area contributed by atoms with Crippen LogP contribution < -0.4 is 10.2 Å². The molecule has 0 saturated carbocycles. The fraction of sp³-hybridized carbons (Fsp3) is 0.625. The van der Waals surface area contributed by atoms with Gasteiger partial charge in [-0.25, -0.2) is 4.39 Å². The van der Waals surface area contributed by atoms with E-state index < -0.39 is 0 Å². The highest BCUT2D eigenvalue weighted by atomic mass is 19.1. The van der Waals surface area contributed by atoms with E-state index in [0.717, 1.165) is 51.4 Å². The molecular weight excluding hydrogens is 255 g/mol. The number of morpholine rings is 1. The van der Waals surface area contributed by atoms with Crippen LogP contribution in [0.15, 0.2) is 18.2 Å². The number of rotatable bonds is 3. The first kappa shape index (κ1) is 13.8. The first-order valence-electron chi connectivity index (χ1n) is 7.65. The van der Waals surface area contributed by atoms with Gasteiger partial charge in [0.1, 0.15) is 5.82 Å². The number of anilines is 1. The van der Waals surface area contributed by atoms with E-state index >= 15 is 0 Å². The highest BCUT2D eigenvalue weighted by Gasteiger charge is 2.19. The second kappa shape index (κ2) is 6.55. The predicted octanol–water partition coefficient (Wildman–Crippen LogP) is 2.20. The van der Waals surface area contributed by atoms with E-state index in [1.165, 1.54) is 18.5 Å². The Hall–Kier alpha value is -1.13. The molecule has 1 aromatic rings. The normalized spacial score (nSPS) is 23.9. The summed E-state index contributed by atoms with van der Waals surface area (Å²) in [5, 5.41) is 3.44. The zero-order valence-corrected chi connectivity index (χ0v) is 11.9. The molecular formula is C16H23FN2O. The SMILES string of the molecule is Fc1ccc(N2CCOCC2)c(CC2CCCNC2)c1. The van der Waals surface area contributed by atoms with Crippen LogP contribution in [-0.2, 0) is 11.2 Å². The minimum Gasteiger partial charge on any atom is -0.378 e. The van der Waals surface area contributed by atoms with Crippen LogP contribution in [0.25, 0.3) is 0 Å². The molecule has 4 heteroatoms. The number of ether oxygens (including phenoxy) is 1. The van der Waals surface area contributed by atoms with Gasteiger partial charge in [-0.2, -0.15) is 0 Å². The molecule has 2 aliphatic rings. The molecule has 2 heterocycles. The van der Waals surface area contributed by atoms with Crippen molar-refractivity contribution in [2.75, 3.05) is 44.3 Å². The molecule has 3 rings (SSSR count). The van der Waals surface area contributed by atoms with Crippen molar-refractivity contribution in [2.45, 2.75) is 19.3 Å². The molecule has 110 valence electrons. The molecule has 1 aromatic carbocycles. The molecule has 2 fully saturated rings. The van der Waals surface area contributed by atoms with Gasteiger partial charge in [0, 0.05) is 18.8 Å². The van der Waals surface area contributed by atoms with Crippen molar-refractivity contribution in [1.82, 2.24) is 5.32 Å². The summed E-state index contributed by atoms with van der Waals surface area (Å²) in [7, 11) is 0. The molecule has 1 unspecified atom stereocenters. The molecule has 0 aliphatic carbocycles. The van der Waals surface area contributed by atoms with Crippen molar-refractivity contribution >= 4 is 5.69 Å². The van der Waals surface area contributed by atoms with Gasteiger partial charge < -0.3 is 15.0 Å². The summed E-state index contributed by atoms with van der Waals surface area (Å²) in [5.74, 6) is 0.506. The zero-order chi connectivity index (χ0) is 13.8. The summed E-state index contributed by atoms with van der Waals surface area (Å²) in [6, 6.07) is 5.24. The Morgan fingerprint density at radius 1 is 1.30 bits per heavy atom. The third-order valence-corrected chi connectivity index (χ3v) is 4.30. The second-order valence-corrected chi connectivity index (χ2v) is 5.79. The highest BCUT2D eigenvalue weighted by Crippen LogP contribution is 2.27. The van der Waals surface area contributed by atoms with Gasteiger partial charge in [-0.1, -0.05) is 0 Å². The van der Waals surface area contributed by atoms with E-state index in [-0.39, 0.29) is 5.82 Å². The van der Waals surface area contributed by atoms with Gasteiger partial charge in [0.25, 0.3) is 0 Å². The minimum absolute atomic E-state index is 0.124. The van der Waals surface area contributed by atoms with Gasteiger partial charge in [-0.15, -0.1) is 0 Å². The fourth-order valence-corrected chi connectivity index (χ4v) is 3.24. The summed E-state index contributed by atoms with van der Waals surface area (Å²) in [5.41, 5.74) is 2.35. The van der Waals surface area contributed by atoms with Gasteiger partial charge in [-0.05, 0) is 62.0 Å². The lowest BCUT2D eigenvalue weighted by molar-refractivity contribution is 0.122. The molecule has 1 N–H and O–H groups in total. The molecule has 1 atom stereocenters. The summed E-state index contributed by atoms with van der Waals surface area (Å²) in [6.45, 7) is 5.52. The molecule has 0 spiro atoms. The Bertz CT molecular complexity index is 440. The van der Waals surface area contributed by atoms with Gasteiger partial charge in [0.15, 0.2) is 0 Å². The van der Waals surface area contributed by atoms with Crippen LogP contribution in [0.2, 0.25) is 0 Å². The smallest absolute Gasteiger partial charge is 0.123 e. The van der Waals surface area contributed by atoms with Crippen molar-refractivity contribution in [3.8, 4) is 0 Å². The lowest BCUT2D eigenvalue weighted by Crippen LogP contribution is -2.37. The minimum atomic E-state index is -0.124. The van der Waals surface area contributed by atoms with Crippen LogP contribution in [0, 0.1) is 11.7 Å². The monoisotopic (exact) mass is 278 g/mol. The molecule has 0 aromatic heterocycles. The Morgan fingerprint density at radius 3 is 2.90 bits per heavy atom. The average Bonchev–Trinajstić information content (AvgIpc) is 2.49. The Labute approximate surface area is 120 Å². The zero-order valence-electron chi connectivity index (χ0n) is 11.9. The summed E-state index contributed by atoms with van der Waals surface area (Å²) >= 11 is 0. The molecule has 2 aliphatic heterocycles. The molecule has 0 amide bonds. The number of hydrogen-bond donors (Lipinski definition) is 1. The summed E-state index contributed by atoms with van der Waals surface area (Å²) in [4.78, 5) is 2.33. The Kier molecular flexibility index (Phi) is 4.53. The largest absolute Gasteiger partial charge is 0.378 e. The van der Waals surface area contributed by atoms with E-state index in [1.807, 2.05) is 6.07 Å². The first-order chi connectivity index (χ1) is 9.83. The van der Waals surface area contributed by atoms with Crippen LogP contribution in [-0.4, -0.2) is 39.4 Å². The fourth-order valence-electron chi connectivity index (χ4n) is 3.24. The van der Waals surface area contributed by atoms with Crippen LogP contribution >= 0.6 is 0 Å². The Morgan fingerprint density at radius 2 is 2.15 bits per heavy atom. The predicted molar refractivity (Wildman–Crippen MR) is 78.7 cm³/mol. The van der Waals surface area contributed by atoms with E-state index in [0.29, 0.717) is 5.92 Å².